The predicted molar refractivity (Wildman–Crippen MR) is 149 cm³/mol. The highest BCUT2D eigenvalue weighted by Crippen LogP contribution is 2.31. The van der Waals surface area contributed by atoms with E-state index in [9.17, 15) is 9.18 Å². The standard InChI is InChI=1S/C30H33FN6O2/c1-20-16-21(8-11-25(20)30(38)34-23-9-10-23)26-19-33-37-27(32-12-15-36-13-3-2-4-14-36)18-28(35-29(26)37)39-24-7-5-6-22(31)17-24/h5-8,11,16-19,23,32H,2-4,9-10,12-15H2,1H3,(H,34,38). The summed E-state index contributed by atoms with van der Waals surface area (Å²) in [5.74, 6) is 1.04. The van der Waals surface area contributed by atoms with Gasteiger partial charge in [0.1, 0.15) is 17.4 Å². The van der Waals surface area contributed by atoms with E-state index in [4.69, 9.17) is 9.72 Å². The number of nitrogens with one attached hydrogen (secondary N) is 2. The van der Waals surface area contributed by atoms with Crippen molar-refractivity contribution in [3.63, 3.8) is 0 Å². The number of benzene rings is 2. The first-order chi connectivity index (χ1) is 19.0. The fourth-order valence-electron chi connectivity index (χ4n) is 5.08. The van der Waals surface area contributed by atoms with Gasteiger partial charge in [0.05, 0.1) is 6.20 Å². The highest BCUT2D eigenvalue weighted by Gasteiger charge is 2.24. The summed E-state index contributed by atoms with van der Waals surface area (Å²) < 4.78 is 21.6. The molecule has 0 radical (unpaired) electrons. The van der Waals surface area contributed by atoms with Crippen molar-refractivity contribution in [2.75, 3.05) is 31.5 Å². The molecule has 2 aliphatic rings. The molecular weight excluding hydrogens is 495 g/mol. The topological polar surface area (TPSA) is 83.8 Å². The van der Waals surface area contributed by atoms with Crippen LogP contribution in [0.2, 0.25) is 0 Å². The molecule has 2 aromatic carbocycles. The first kappa shape index (κ1) is 25.3. The Morgan fingerprint density at radius 2 is 1.95 bits per heavy atom. The number of aromatic nitrogens is 3. The minimum Gasteiger partial charge on any atom is -0.439 e. The summed E-state index contributed by atoms with van der Waals surface area (Å²) in [6.07, 6.45) is 7.67. The molecule has 8 nitrogen and oxygen atoms in total. The number of halogens is 1. The summed E-state index contributed by atoms with van der Waals surface area (Å²) in [5, 5.41) is 11.2. The Labute approximate surface area is 227 Å². The molecule has 9 heteroatoms. The van der Waals surface area contributed by atoms with E-state index in [0.717, 1.165) is 61.5 Å². The van der Waals surface area contributed by atoms with Crippen LogP contribution in [0.25, 0.3) is 16.8 Å². The molecule has 39 heavy (non-hydrogen) atoms. The van der Waals surface area contributed by atoms with Gasteiger partial charge in [-0.15, -0.1) is 0 Å². The van der Waals surface area contributed by atoms with Gasteiger partial charge < -0.3 is 20.3 Å². The molecule has 1 aliphatic carbocycles. The molecular formula is C30H33FN6O2. The van der Waals surface area contributed by atoms with Crippen molar-refractivity contribution in [3.8, 4) is 22.8 Å². The third-order valence-corrected chi connectivity index (χ3v) is 7.34. The number of hydrogen-bond donors (Lipinski definition) is 2. The highest BCUT2D eigenvalue weighted by atomic mass is 19.1. The van der Waals surface area contributed by atoms with Crippen molar-refractivity contribution in [2.24, 2.45) is 0 Å². The number of carbonyl (C=O) groups excluding carboxylic acids is 1. The van der Waals surface area contributed by atoms with Crippen LogP contribution in [-0.2, 0) is 0 Å². The van der Waals surface area contributed by atoms with Crippen molar-refractivity contribution in [1.29, 1.82) is 0 Å². The van der Waals surface area contributed by atoms with Crippen molar-refractivity contribution in [2.45, 2.75) is 45.1 Å². The zero-order chi connectivity index (χ0) is 26.8. The Morgan fingerprint density at radius 3 is 2.72 bits per heavy atom. The second-order valence-corrected chi connectivity index (χ2v) is 10.4. The lowest BCUT2D eigenvalue weighted by Gasteiger charge is -2.26. The highest BCUT2D eigenvalue weighted by molar-refractivity contribution is 5.97. The number of amides is 1. The number of ether oxygens (including phenoxy) is 1. The quantitative estimate of drug-likeness (QED) is 0.302. The average Bonchev–Trinajstić information content (AvgIpc) is 3.64. The minimum atomic E-state index is -0.375. The van der Waals surface area contributed by atoms with E-state index < -0.39 is 0 Å². The number of fused-ring (bicyclic) bond motifs is 1. The molecule has 2 aromatic heterocycles. The number of anilines is 1. The smallest absolute Gasteiger partial charge is 0.251 e. The maximum Gasteiger partial charge on any atom is 0.251 e. The van der Waals surface area contributed by atoms with Gasteiger partial charge in [0.25, 0.3) is 5.91 Å². The first-order valence-corrected chi connectivity index (χ1v) is 13.7. The Bertz CT molecular complexity index is 1490. The van der Waals surface area contributed by atoms with Gasteiger partial charge in [0.2, 0.25) is 5.88 Å². The van der Waals surface area contributed by atoms with Gasteiger partial charge in [-0.25, -0.2) is 4.39 Å². The molecule has 1 saturated carbocycles. The second kappa shape index (κ2) is 11.0. The van der Waals surface area contributed by atoms with Crippen LogP contribution >= 0.6 is 0 Å². The van der Waals surface area contributed by atoms with Gasteiger partial charge in [0, 0.05) is 42.4 Å². The zero-order valence-corrected chi connectivity index (χ0v) is 22.1. The van der Waals surface area contributed by atoms with E-state index >= 15 is 0 Å². The van der Waals surface area contributed by atoms with Gasteiger partial charge in [-0.1, -0.05) is 24.6 Å². The van der Waals surface area contributed by atoms with Gasteiger partial charge >= 0.3 is 0 Å². The van der Waals surface area contributed by atoms with Crippen molar-refractivity contribution >= 4 is 17.4 Å². The number of rotatable bonds is 9. The monoisotopic (exact) mass is 528 g/mol. The maximum atomic E-state index is 13.8. The lowest BCUT2D eigenvalue weighted by molar-refractivity contribution is 0.0950. The van der Waals surface area contributed by atoms with Crippen LogP contribution in [-0.4, -0.2) is 57.6 Å². The van der Waals surface area contributed by atoms with Crippen LogP contribution < -0.4 is 15.4 Å². The molecule has 0 bridgehead atoms. The Morgan fingerprint density at radius 1 is 1.10 bits per heavy atom. The Kier molecular flexibility index (Phi) is 7.15. The largest absolute Gasteiger partial charge is 0.439 e. The van der Waals surface area contributed by atoms with Gasteiger partial charge in [-0.3, -0.25) is 4.79 Å². The van der Waals surface area contributed by atoms with E-state index in [-0.39, 0.29) is 11.7 Å². The lowest BCUT2D eigenvalue weighted by atomic mass is 10.0. The van der Waals surface area contributed by atoms with Gasteiger partial charge in [0.15, 0.2) is 5.65 Å². The number of piperidine rings is 1. The second-order valence-electron chi connectivity index (χ2n) is 10.4. The molecule has 1 saturated heterocycles. The summed E-state index contributed by atoms with van der Waals surface area (Å²) in [7, 11) is 0. The van der Waals surface area contributed by atoms with Gasteiger partial charge in [-0.2, -0.15) is 14.6 Å². The van der Waals surface area contributed by atoms with Crippen LogP contribution in [0.1, 0.15) is 48.0 Å². The van der Waals surface area contributed by atoms with E-state index in [0.29, 0.717) is 28.9 Å². The number of hydrogen-bond acceptors (Lipinski definition) is 6. The number of likely N-dealkylation sites (tertiary alicyclic amines) is 1. The van der Waals surface area contributed by atoms with Crippen LogP contribution in [0.5, 0.6) is 11.6 Å². The molecule has 4 aromatic rings. The normalized spacial score (nSPS) is 15.8. The summed E-state index contributed by atoms with van der Waals surface area (Å²) >= 11 is 0. The van der Waals surface area contributed by atoms with E-state index in [1.807, 2.05) is 25.1 Å². The van der Waals surface area contributed by atoms with E-state index in [1.54, 1.807) is 28.9 Å². The zero-order valence-electron chi connectivity index (χ0n) is 22.1. The van der Waals surface area contributed by atoms with Gasteiger partial charge in [-0.05, 0) is 75.0 Å². The number of carbonyl (C=O) groups is 1. The molecule has 6 rings (SSSR count). The summed E-state index contributed by atoms with van der Waals surface area (Å²) in [6.45, 7) is 5.87. The lowest BCUT2D eigenvalue weighted by Crippen LogP contribution is -2.33. The third-order valence-electron chi connectivity index (χ3n) is 7.34. The van der Waals surface area contributed by atoms with Crippen molar-refractivity contribution in [3.05, 3.63) is 71.7 Å². The van der Waals surface area contributed by atoms with Crippen molar-refractivity contribution in [1.82, 2.24) is 24.8 Å². The SMILES string of the molecule is Cc1cc(-c2cnn3c(NCCN4CCCCC4)cc(Oc4cccc(F)c4)nc23)ccc1C(=O)NC1CC1. The van der Waals surface area contributed by atoms with Crippen molar-refractivity contribution < 1.29 is 13.9 Å². The predicted octanol–water partition coefficient (Wildman–Crippen LogP) is 5.43. The molecule has 0 spiro atoms. The molecule has 2 fully saturated rings. The number of nitrogens with zero attached hydrogens (tertiary/aromatic N) is 4. The Balaban J connectivity index is 1.31. The molecule has 1 amide bonds. The third kappa shape index (κ3) is 5.88. The molecule has 2 N–H and O–H groups in total. The van der Waals surface area contributed by atoms with Crippen LogP contribution in [0.3, 0.4) is 0 Å². The summed E-state index contributed by atoms with van der Waals surface area (Å²) in [5.41, 5.74) is 3.89. The molecule has 202 valence electrons. The minimum absolute atomic E-state index is 0.0366. The molecule has 1 aliphatic heterocycles. The van der Waals surface area contributed by atoms with Crippen LogP contribution in [0.15, 0.2) is 54.7 Å². The van der Waals surface area contributed by atoms with E-state index in [2.05, 4.69) is 20.6 Å². The Hall–Kier alpha value is -3.98. The molecule has 3 heterocycles. The average molecular weight is 529 g/mol. The van der Waals surface area contributed by atoms with E-state index in [1.165, 1.54) is 31.4 Å². The van der Waals surface area contributed by atoms with Crippen LogP contribution in [0, 0.1) is 12.7 Å². The first-order valence-electron chi connectivity index (χ1n) is 13.7. The molecule has 0 unspecified atom stereocenters. The summed E-state index contributed by atoms with van der Waals surface area (Å²) in [6, 6.07) is 13.9. The number of aryl methyl sites for hydroxylation is 1. The maximum absolute atomic E-state index is 13.8. The van der Waals surface area contributed by atoms with Crippen LogP contribution in [0.4, 0.5) is 10.2 Å². The molecule has 0 atom stereocenters. The fourth-order valence-corrected chi connectivity index (χ4v) is 5.08. The fraction of sp³-hybridized carbons (Fsp3) is 0.367. The summed E-state index contributed by atoms with van der Waals surface area (Å²) in [4.78, 5) is 19.9.